The molecule has 2 atom stereocenters. The van der Waals surface area contributed by atoms with E-state index in [2.05, 4.69) is 58.0 Å². The molecule has 0 N–H and O–H groups in total. The van der Waals surface area contributed by atoms with E-state index in [9.17, 15) is 4.39 Å². The van der Waals surface area contributed by atoms with Gasteiger partial charge >= 0.3 is 0 Å². The maximum atomic E-state index is 14.9. The highest BCUT2D eigenvalue weighted by molar-refractivity contribution is 5.64. The molecule has 1 heteroatoms. The van der Waals surface area contributed by atoms with Gasteiger partial charge in [-0.15, -0.1) is 0 Å². The lowest BCUT2D eigenvalue weighted by atomic mass is 9.88. The molecule has 160 valence electrons. The van der Waals surface area contributed by atoms with Crippen LogP contribution in [0.1, 0.15) is 103 Å². The van der Waals surface area contributed by atoms with Crippen LogP contribution in [0.3, 0.4) is 0 Å². The Morgan fingerprint density at radius 3 is 2.03 bits per heavy atom. The first kappa shape index (κ1) is 23.6. The maximum Gasteiger partial charge on any atom is 0.127 e. The smallest absolute Gasteiger partial charge is 0.127 e. The van der Waals surface area contributed by atoms with E-state index < -0.39 is 0 Å². The molecular weight excluding hydrogens is 355 g/mol. The van der Waals surface area contributed by atoms with Crippen molar-refractivity contribution in [3.05, 3.63) is 59.4 Å². The summed E-state index contributed by atoms with van der Waals surface area (Å²) in [5, 5.41) is 0. The molecule has 0 heterocycles. The molecule has 2 aromatic rings. The second-order valence-electron chi connectivity index (χ2n) is 8.85. The van der Waals surface area contributed by atoms with Crippen molar-refractivity contribution in [2.24, 2.45) is 5.92 Å². The molecule has 0 amide bonds. The molecule has 0 bridgehead atoms. The standard InChI is InChI=1S/C28H41F/c1-5-8-14-25(11-7-3)27-20-19-26(21-28(27)29)24-17-15-23(16-18-24)13-9-12-22(4)10-6-2/h15-22,25H,5-14H2,1-4H3. The number of aryl methyl sites for hydroxylation is 1. The first-order valence-electron chi connectivity index (χ1n) is 12.0. The lowest BCUT2D eigenvalue weighted by Gasteiger charge is -2.18. The monoisotopic (exact) mass is 396 g/mol. The van der Waals surface area contributed by atoms with Crippen LogP contribution in [0.5, 0.6) is 0 Å². The Balaban J connectivity index is 2.02. The Morgan fingerprint density at radius 2 is 1.41 bits per heavy atom. The van der Waals surface area contributed by atoms with Crippen LogP contribution in [0.2, 0.25) is 0 Å². The van der Waals surface area contributed by atoms with Crippen molar-refractivity contribution in [1.29, 1.82) is 0 Å². The van der Waals surface area contributed by atoms with Crippen LogP contribution in [0.15, 0.2) is 42.5 Å². The Labute approximate surface area is 178 Å². The van der Waals surface area contributed by atoms with Crippen LogP contribution >= 0.6 is 0 Å². The van der Waals surface area contributed by atoms with Gasteiger partial charge in [-0.2, -0.15) is 0 Å². The van der Waals surface area contributed by atoms with Crippen molar-refractivity contribution in [2.75, 3.05) is 0 Å². The van der Waals surface area contributed by atoms with E-state index >= 15 is 0 Å². The molecule has 0 radical (unpaired) electrons. The number of unbranched alkanes of at least 4 members (excludes halogenated alkanes) is 1. The van der Waals surface area contributed by atoms with Gasteiger partial charge in [0, 0.05) is 0 Å². The number of hydrogen-bond donors (Lipinski definition) is 0. The minimum absolute atomic E-state index is 0.0361. The van der Waals surface area contributed by atoms with Crippen molar-refractivity contribution in [3.63, 3.8) is 0 Å². The highest BCUT2D eigenvalue weighted by Crippen LogP contribution is 2.32. The molecule has 0 aromatic heterocycles. The van der Waals surface area contributed by atoms with Gasteiger partial charge in [0.05, 0.1) is 0 Å². The second kappa shape index (κ2) is 12.8. The number of halogens is 1. The Morgan fingerprint density at radius 1 is 0.724 bits per heavy atom. The van der Waals surface area contributed by atoms with E-state index in [1.807, 2.05) is 6.07 Å². The second-order valence-corrected chi connectivity index (χ2v) is 8.85. The summed E-state index contributed by atoms with van der Waals surface area (Å²) in [6, 6.07) is 14.6. The van der Waals surface area contributed by atoms with Crippen LogP contribution in [0.4, 0.5) is 4.39 Å². The minimum atomic E-state index is -0.0361. The summed E-state index contributed by atoms with van der Waals surface area (Å²) in [4.78, 5) is 0. The maximum absolute atomic E-state index is 14.9. The summed E-state index contributed by atoms with van der Waals surface area (Å²) in [6.07, 6.45) is 11.9. The van der Waals surface area contributed by atoms with Crippen molar-refractivity contribution in [1.82, 2.24) is 0 Å². The first-order chi connectivity index (χ1) is 14.1. The van der Waals surface area contributed by atoms with E-state index in [-0.39, 0.29) is 5.82 Å². The molecule has 0 fully saturated rings. The highest BCUT2D eigenvalue weighted by Gasteiger charge is 2.15. The SMILES string of the molecule is CCCCC(CCC)c1ccc(-c2ccc(CCCC(C)CCC)cc2)cc1F. The molecule has 0 nitrogen and oxygen atoms in total. The molecule has 2 unspecified atom stereocenters. The molecular formula is C28H41F. The van der Waals surface area contributed by atoms with E-state index in [1.54, 1.807) is 6.07 Å². The van der Waals surface area contributed by atoms with E-state index in [1.165, 1.54) is 44.1 Å². The van der Waals surface area contributed by atoms with Gasteiger partial charge in [0.1, 0.15) is 5.82 Å². The van der Waals surface area contributed by atoms with Crippen LogP contribution in [-0.2, 0) is 6.42 Å². The normalized spacial score (nSPS) is 13.4. The van der Waals surface area contributed by atoms with Crippen molar-refractivity contribution in [2.45, 2.75) is 97.8 Å². The number of rotatable bonds is 13. The summed E-state index contributed by atoms with van der Waals surface area (Å²) in [7, 11) is 0. The largest absolute Gasteiger partial charge is 0.207 e. The average molecular weight is 397 g/mol. The van der Waals surface area contributed by atoms with Crippen LogP contribution in [0, 0.1) is 11.7 Å². The minimum Gasteiger partial charge on any atom is -0.207 e. The third kappa shape index (κ3) is 7.61. The molecule has 0 saturated heterocycles. The topological polar surface area (TPSA) is 0 Å². The van der Waals surface area contributed by atoms with Gasteiger partial charge in [-0.3, -0.25) is 0 Å². The lowest BCUT2D eigenvalue weighted by Crippen LogP contribution is -2.02. The molecule has 0 aliphatic carbocycles. The number of hydrogen-bond acceptors (Lipinski definition) is 0. The fraction of sp³-hybridized carbons (Fsp3) is 0.571. The average Bonchev–Trinajstić information content (AvgIpc) is 2.72. The van der Waals surface area contributed by atoms with E-state index in [0.717, 1.165) is 48.3 Å². The first-order valence-corrected chi connectivity index (χ1v) is 12.0. The molecule has 2 rings (SSSR count). The fourth-order valence-electron chi connectivity index (χ4n) is 4.45. The molecule has 2 aromatic carbocycles. The Bertz CT molecular complexity index is 701. The Kier molecular flexibility index (Phi) is 10.5. The summed E-state index contributed by atoms with van der Waals surface area (Å²) >= 11 is 0. The van der Waals surface area contributed by atoms with Crippen molar-refractivity contribution >= 4 is 0 Å². The predicted molar refractivity (Wildman–Crippen MR) is 126 cm³/mol. The summed E-state index contributed by atoms with van der Waals surface area (Å²) in [5.41, 5.74) is 4.39. The summed E-state index contributed by atoms with van der Waals surface area (Å²) in [5.74, 6) is 1.15. The predicted octanol–water partition coefficient (Wildman–Crippen LogP) is 9.33. The van der Waals surface area contributed by atoms with Crippen LogP contribution in [0.25, 0.3) is 11.1 Å². The van der Waals surface area contributed by atoms with Gasteiger partial charge < -0.3 is 0 Å². The fourth-order valence-corrected chi connectivity index (χ4v) is 4.45. The van der Waals surface area contributed by atoms with Crippen molar-refractivity contribution in [3.8, 4) is 11.1 Å². The number of benzene rings is 2. The van der Waals surface area contributed by atoms with Crippen molar-refractivity contribution < 1.29 is 4.39 Å². The molecule has 29 heavy (non-hydrogen) atoms. The van der Waals surface area contributed by atoms with E-state index in [4.69, 9.17) is 0 Å². The molecule has 0 aliphatic rings. The van der Waals surface area contributed by atoms with Gasteiger partial charge in [-0.1, -0.05) is 103 Å². The van der Waals surface area contributed by atoms with Crippen LogP contribution in [-0.4, -0.2) is 0 Å². The zero-order valence-electron chi connectivity index (χ0n) is 19.1. The van der Waals surface area contributed by atoms with Crippen LogP contribution < -0.4 is 0 Å². The van der Waals surface area contributed by atoms with Gasteiger partial charge in [0.25, 0.3) is 0 Å². The molecule has 0 saturated carbocycles. The molecule has 0 aliphatic heterocycles. The third-order valence-electron chi connectivity index (χ3n) is 6.21. The third-order valence-corrected chi connectivity index (χ3v) is 6.21. The quantitative estimate of drug-likeness (QED) is 0.316. The highest BCUT2D eigenvalue weighted by atomic mass is 19.1. The van der Waals surface area contributed by atoms with Gasteiger partial charge in [0.2, 0.25) is 0 Å². The lowest BCUT2D eigenvalue weighted by molar-refractivity contribution is 0.469. The van der Waals surface area contributed by atoms with Gasteiger partial charge in [-0.25, -0.2) is 4.39 Å². The summed E-state index contributed by atoms with van der Waals surface area (Å²) < 4.78 is 14.9. The van der Waals surface area contributed by atoms with E-state index in [0.29, 0.717) is 5.92 Å². The summed E-state index contributed by atoms with van der Waals surface area (Å²) in [6.45, 7) is 9.02. The zero-order chi connectivity index (χ0) is 21.1. The zero-order valence-corrected chi connectivity index (χ0v) is 19.1. The molecule has 0 spiro atoms. The Hall–Kier alpha value is -1.63. The van der Waals surface area contributed by atoms with Gasteiger partial charge in [0.15, 0.2) is 0 Å². The van der Waals surface area contributed by atoms with Gasteiger partial charge in [-0.05, 0) is 65.8 Å².